The zero-order valence-electron chi connectivity index (χ0n) is 14.4. The molecule has 1 aliphatic rings. The van der Waals surface area contributed by atoms with E-state index in [-0.39, 0.29) is 11.5 Å². The highest BCUT2D eigenvalue weighted by Crippen LogP contribution is 2.22. The summed E-state index contributed by atoms with van der Waals surface area (Å²) in [6.45, 7) is 3.75. The van der Waals surface area contributed by atoms with Gasteiger partial charge in [0.05, 0.1) is 17.1 Å². The predicted octanol–water partition coefficient (Wildman–Crippen LogP) is 2.83. The quantitative estimate of drug-likeness (QED) is 0.781. The van der Waals surface area contributed by atoms with Crippen molar-refractivity contribution in [1.82, 2.24) is 19.5 Å². The average Bonchev–Trinajstić information content (AvgIpc) is 2.90. The first-order valence-electron chi connectivity index (χ1n) is 8.97. The van der Waals surface area contributed by atoms with E-state index in [0.29, 0.717) is 28.0 Å². The number of H-pyrrole nitrogens is 1. The van der Waals surface area contributed by atoms with Gasteiger partial charge in [-0.05, 0) is 37.3 Å². The first-order chi connectivity index (χ1) is 12.2. The highest BCUT2D eigenvalue weighted by molar-refractivity contribution is 6.00. The van der Waals surface area contributed by atoms with Gasteiger partial charge in [-0.3, -0.25) is 9.59 Å². The molecule has 25 heavy (non-hydrogen) atoms. The first kappa shape index (κ1) is 15.9. The number of hydrogen-bond donors (Lipinski definition) is 1. The summed E-state index contributed by atoms with van der Waals surface area (Å²) in [4.78, 5) is 30.1. The lowest BCUT2D eigenvalue weighted by Gasteiger charge is -2.20. The molecule has 3 aromatic rings. The molecule has 130 valence electrons. The molecule has 6 heteroatoms. The number of nitrogens with zero attached hydrogens (tertiary/aromatic N) is 3. The molecular weight excluding hydrogens is 316 g/mol. The standard InChI is InChI=1S/C19H22N4O2/c1-2-13-6-5-10-22(11-9-13)19(25)15-12-20-23-16-8-4-3-7-14(16)18(24)21-17(15)23/h3-4,7-8,12-13H,2,5-6,9-11H2,1H3,(H,21,24). The number of carbonyl (C=O) groups excluding carboxylic acids is 1. The number of likely N-dealkylation sites (tertiary alicyclic amines) is 1. The molecule has 0 spiro atoms. The van der Waals surface area contributed by atoms with Gasteiger partial charge >= 0.3 is 0 Å². The van der Waals surface area contributed by atoms with Crippen LogP contribution in [0.1, 0.15) is 43.0 Å². The Morgan fingerprint density at radius 1 is 1.28 bits per heavy atom. The lowest BCUT2D eigenvalue weighted by molar-refractivity contribution is 0.0761. The summed E-state index contributed by atoms with van der Waals surface area (Å²) in [6.07, 6.45) is 5.99. The predicted molar refractivity (Wildman–Crippen MR) is 96.9 cm³/mol. The Morgan fingerprint density at radius 2 is 2.12 bits per heavy atom. The maximum absolute atomic E-state index is 13.0. The molecule has 1 atom stereocenters. The summed E-state index contributed by atoms with van der Waals surface area (Å²) < 4.78 is 1.65. The molecule has 4 rings (SSSR count). The van der Waals surface area contributed by atoms with Crippen molar-refractivity contribution in [2.24, 2.45) is 5.92 Å². The lowest BCUT2D eigenvalue weighted by atomic mass is 9.98. The van der Waals surface area contributed by atoms with Crippen LogP contribution in [0.15, 0.2) is 35.3 Å². The zero-order chi connectivity index (χ0) is 17.4. The number of aromatic amines is 1. The number of amides is 1. The van der Waals surface area contributed by atoms with Crippen molar-refractivity contribution in [3.63, 3.8) is 0 Å². The Bertz CT molecular complexity index is 988. The van der Waals surface area contributed by atoms with Gasteiger partial charge in [0, 0.05) is 13.1 Å². The molecule has 2 aromatic heterocycles. The molecule has 1 aliphatic heterocycles. The number of rotatable bonds is 2. The van der Waals surface area contributed by atoms with E-state index in [2.05, 4.69) is 17.0 Å². The van der Waals surface area contributed by atoms with E-state index < -0.39 is 0 Å². The van der Waals surface area contributed by atoms with Gasteiger partial charge in [-0.15, -0.1) is 0 Å². The van der Waals surface area contributed by atoms with Gasteiger partial charge in [-0.2, -0.15) is 5.10 Å². The Kier molecular flexibility index (Phi) is 4.03. The highest BCUT2D eigenvalue weighted by Gasteiger charge is 2.24. The fourth-order valence-corrected chi connectivity index (χ4v) is 3.78. The van der Waals surface area contributed by atoms with Gasteiger partial charge < -0.3 is 9.88 Å². The van der Waals surface area contributed by atoms with E-state index in [0.717, 1.165) is 32.4 Å². The van der Waals surface area contributed by atoms with E-state index >= 15 is 0 Å². The van der Waals surface area contributed by atoms with Crippen molar-refractivity contribution in [2.45, 2.75) is 32.6 Å². The van der Waals surface area contributed by atoms with Crippen LogP contribution >= 0.6 is 0 Å². The van der Waals surface area contributed by atoms with Crippen molar-refractivity contribution in [3.8, 4) is 0 Å². The molecule has 0 radical (unpaired) electrons. The number of nitrogens with one attached hydrogen (secondary N) is 1. The van der Waals surface area contributed by atoms with E-state index in [1.165, 1.54) is 6.42 Å². The molecule has 1 amide bonds. The maximum atomic E-state index is 13.0. The molecule has 0 aliphatic carbocycles. The van der Waals surface area contributed by atoms with Crippen LogP contribution in [0.3, 0.4) is 0 Å². The van der Waals surface area contributed by atoms with Crippen LogP contribution in [0.5, 0.6) is 0 Å². The fraction of sp³-hybridized carbons (Fsp3) is 0.421. The van der Waals surface area contributed by atoms with Crippen molar-refractivity contribution in [2.75, 3.05) is 13.1 Å². The maximum Gasteiger partial charge on any atom is 0.259 e. The lowest BCUT2D eigenvalue weighted by Crippen LogP contribution is -2.32. The largest absolute Gasteiger partial charge is 0.338 e. The first-order valence-corrected chi connectivity index (χ1v) is 8.97. The summed E-state index contributed by atoms with van der Waals surface area (Å²) in [5.41, 5.74) is 1.46. The Morgan fingerprint density at radius 3 is 2.96 bits per heavy atom. The van der Waals surface area contributed by atoms with Crippen LogP contribution in [-0.4, -0.2) is 38.5 Å². The number of benzene rings is 1. The van der Waals surface area contributed by atoms with Crippen LogP contribution in [-0.2, 0) is 0 Å². The summed E-state index contributed by atoms with van der Waals surface area (Å²) in [5.74, 6) is 0.656. The summed E-state index contributed by atoms with van der Waals surface area (Å²) in [7, 11) is 0. The van der Waals surface area contributed by atoms with Crippen LogP contribution in [0.25, 0.3) is 16.6 Å². The van der Waals surface area contributed by atoms with Crippen LogP contribution in [0.2, 0.25) is 0 Å². The van der Waals surface area contributed by atoms with Crippen LogP contribution in [0.4, 0.5) is 0 Å². The SMILES string of the molecule is CCC1CCCN(C(=O)c2cnn3c2[nH]c(=O)c2ccccc23)CC1. The summed E-state index contributed by atoms with van der Waals surface area (Å²) in [5, 5.41) is 4.92. The Labute approximate surface area is 145 Å². The molecular formula is C19H22N4O2. The van der Waals surface area contributed by atoms with Crippen LogP contribution < -0.4 is 5.56 Å². The Hall–Kier alpha value is -2.63. The van der Waals surface area contributed by atoms with Crippen molar-refractivity contribution in [3.05, 3.63) is 46.4 Å². The number of aromatic nitrogens is 3. The minimum absolute atomic E-state index is 0.0438. The molecule has 1 aromatic carbocycles. The van der Waals surface area contributed by atoms with Gasteiger partial charge in [-0.1, -0.05) is 25.5 Å². The van der Waals surface area contributed by atoms with E-state index in [1.807, 2.05) is 23.1 Å². The second-order valence-corrected chi connectivity index (χ2v) is 6.79. The second-order valence-electron chi connectivity index (χ2n) is 6.79. The number of carbonyl (C=O) groups is 1. The van der Waals surface area contributed by atoms with Gasteiger partial charge in [-0.25, -0.2) is 4.52 Å². The molecule has 0 saturated carbocycles. The topological polar surface area (TPSA) is 70.5 Å². The fourth-order valence-electron chi connectivity index (χ4n) is 3.78. The van der Waals surface area contributed by atoms with Crippen molar-refractivity contribution >= 4 is 22.5 Å². The van der Waals surface area contributed by atoms with Gasteiger partial charge in [0.25, 0.3) is 11.5 Å². The molecule has 1 fully saturated rings. The minimum atomic E-state index is -0.195. The highest BCUT2D eigenvalue weighted by atomic mass is 16.2. The summed E-state index contributed by atoms with van der Waals surface area (Å²) in [6, 6.07) is 7.29. The van der Waals surface area contributed by atoms with E-state index in [9.17, 15) is 9.59 Å². The molecule has 1 N–H and O–H groups in total. The smallest absolute Gasteiger partial charge is 0.259 e. The molecule has 3 heterocycles. The van der Waals surface area contributed by atoms with Gasteiger partial charge in [0.15, 0.2) is 0 Å². The van der Waals surface area contributed by atoms with E-state index in [1.54, 1.807) is 16.8 Å². The van der Waals surface area contributed by atoms with Crippen LogP contribution in [0, 0.1) is 5.92 Å². The molecule has 0 bridgehead atoms. The van der Waals surface area contributed by atoms with Gasteiger partial charge in [0.2, 0.25) is 0 Å². The number of fused-ring (bicyclic) bond motifs is 3. The Balaban J connectivity index is 1.74. The number of para-hydroxylation sites is 1. The normalized spacial score (nSPS) is 18.6. The summed E-state index contributed by atoms with van der Waals surface area (Å²) >= 11 is 0. The third-order valence-corrected chi connectivity index (χ3v) is 5.32. The van der Waals surface area contributed by atoms with Crippen molar-refractivity contribution < 1.29 is 4.79 Å². The minimum Gasteiger partial charge on any atom is -0.338 e. The monoisotopic (exact) mass is 338 g/mol. The molecule has 6 nitrogen and oxygen atoms in total. The second kappa shape index (κ2) is 6.35. The zero-order valence-corrected chi connectivity index (χ0v) is 14.4. The molecule has 1 unspecified atom stereocenters. The number of hydrogen-bond acceptors (Lipinski definition) is 3. The van der Waals surface area contributed by atoms with E-state index in [4.69, 9.17) is 0 Å². The third-order valence-electron chi connectivity index (χ3n) is 5.32. The molecule has 1 saturated heterocycles. The average molecular weight is 338 g/mol. The third kappa shape index (κ3) is 2.71. The van der Waals surface area contributed by atoms with Crippen molar-refractivity contribution in [1.29, 1.82) is 0 Å². The van der Waals surface area contributed by atoms with Gasteiger partial charge in [0.1, 0.15) is 11.2 Å².